The molecule has 0 aliphatic carbocycles. The predicted octanol–water partition coefficient (Wildman–Crippen LogP) is 1.79. The van der Waals surface area contributed by atoms with Gasteiger partial charge >= 0.3 is 6.16 Å². The maximum atomic E-state index is 10.6. The fraction of sp³-hybridized carbons (Fsp3) is 0. The molecule has 0 saturated carbocycles. The van der Waals surface area contributed by atoms with Gasteiger partial charge in [-0.15, -0.1) is 0 Å². The van der Waals surface area contributed by atoms with Crippen LogP contribution in [0.5, 0.6) is 5.75 Å². The summed E-state index contributed by atoms with van der Waals surface area (Å²) >= 11 is 0. The molecule has 0 aliphatic rings. The Labute approximate surface area is 69.9 Å². The Hall–Kier alpha value is -1.95. The van der Waals surface area contributed by atoms with Crippen LogP contribution in [-0.2, 0) is 4.74 Å². The Morgan fingerprint density at radius 2 is 2.00 bits per heavy atom. The zero-order valence-corrected chi connectivity index (χ0v) is 6.19. The van der Waals surface area contributed by atoms with Crippen molar-refractivity contribution in [2.75, 3.05) is 0 Å². The standard InChI is InChI=1S/C9H6O3/c1-2-11-9(10)12-8-6-4-3-5-7-8/h1,3-7H. The van der Waals surface area contributed by atoms with E-state index in [0.717, 1.165) is 0 Å². The molecule has 0 aromatic heterocycles. The molecular weight excluding hydrogens is 156 g/mol. The third-order valence-electron chi connectivity index (χ3n) is 1.09. The molecule has 0 fully saturated rings. The van der Waals surface area contributed by atoms with Crippen molar-refractivity contribution in [3.63, 3.8) is 0 Å². The topological polar surface area (TPSA) is 35.5 Å². The molecule has 0 heterocycles. The SMILES string of the molecule is C#COC(=O)Oc1ccccc1. The van der Waals surface area contributed by atoms with Crippen LogP contribution in [0, 0.1) is 12.5 Å². The molecule has 1 aromatic carbocycles. The molecule has 0 unspecified atom stereocenters. The zero-order valence-electron chi connectivity index (χ0n) is 6.19. The number of carbonyl (C=O) groups is 1. The second-order valence-corrected chi connectivity index (χ2v) is 1.89. The van der Waals surface area contributed by atoms with E-state index in [1.807, 2.05) is 0 Å². The number of carbonyl (C=O) groups excluding carboxylic acids is 1. The highest BCUT2D eigenvalue weighted by atomic mass is 16.7. The summed E-state index contributed by atoms with van der Waals surface area (Å²) in [6.07, 6.45) is 5.52. The van der Waals surface area contributed by atoms with E-state index in [1.165, 1.54) is 0 Å². The van der Waals surface area contributed by atoms with E-state index in [2.05, 4.69) is 9.47 Å². The highest BCUT2D eigenvalue weighted by molar-refractivity contribution is 5.64. The largest absolute Gasteiger partial charge is 0.528 e. The first-order valence-corrected chi connectivity index (χ1v) is 3.22. The maximum Gasteiger partial charge on any atom is 0.528 e. The van der Waals surface area contributed by atoms with Crippen molar-refractivity contribution in [2.45, 2.75) is 0 Å². The molecule has 60 valence electrons. The van der Waals surface area contributed by atoms with Crippen LogP contribution in [0.2, 0.25) is 0 Å². The summed E-state index contributed by atoms with van der Waals surface area (Å²) in [5.74, 6) is 0.401. The second-order valence-electron chi connectivity index (χ2n) is 1.89. The summed E-state index contributed by atoms with van der Waals surface area (Å²) < 4.78 is 8.76. The van der Waals surface area contributed by atoms with Crippen molar-refractivity contribution in [2.24, 2.45) is 0 Å². The number of hydrogen-bond acceptors (Lipinski definition) is 3. The summed E-state index contributed by atoms with van der Waals surface area (Å²) in [6.45, 7) is 0. The van der Waals surface area contributed by atoms with E-state index >= 15 is 0 Å². The van der Waals surface area contributed by atoms with Crippen LogP contribution in [0.1, 0.15) is 0 Å². The van der Waals surface area contributed by atoms with E-state index < -0.39 is 6.16 Å². The normalized spacial score (nSPS) is 8.25. The van der Waals surface area contributed by atoms with E-state index in [4.69, 9.17) is 6.42 Å². The average molecular weight is 162 g/mol. The lowest BCUT2D eigenvalue weighted by Crippen LogP contribution is -2.06. The Balaban J connectivity index is 2.54. The minimum absolute atomic E-state index is 0.401. The molecule has 0 bridgehead atoms. The highest BCUT2D eigenvalue weighted by Gasteiger charge is 2.02. The van der Waals surface area contributed by atoms with E-state index in [9.17, 15) is 4.79 Å². The quantitative estimate of drug-likeness (QED) is 0.359. The molecule has 3 heteroatoms. The lowest BCUT2D eigenvalue weighted by Gasteiger charge is -1.98. The number of benzene rings is 1. The summed E-state index contributed by atoms with van der Waals surface area (Å²) in [5, 5.41) is 0. The van der Waals surface area contributed by atoms with Crippen LogP contribution in [0.15, 0.2) is 30.3 Å². The van der Waals surface area contributed by atoms with E-state index in [1.54, 1.807) is 36.4 Å². The molecule has 0 aliphatic heterocycles. The number of hydrogen-bond donors (Lipinski definition) is 0. The summed E-state index contributed by atoms with van der Waals surface area (Å²) in [5.41, 5.74) is 0. The monoisotopic (exact) mass is 162 g/mol. The van der Waals surface area contributed by atoms with Gasteiger partial charge in [0.05, 0.1) is 0 Å². The Bertz CT molecular complexity index is 297. The van der Waals surface area contributed by atoms with Gasteiger partial charge in [0, 0.05) is 0 Å². The van der Waals surface area contributed by atoms with Gasteiger partial charge in [-0.2, -0.15) is 0 Å². The van der Waals surface area contributed by atoms with Crippen molar-refractivity contribution in [3.05, 3.63) is 30.3 Å². The summed E-state index contributed by atoms with van der Waals surface area (Å²) in [4.78, 5) is 10.6. The molecule has 3 nitrogen and oxygen atoms in total. The van der Waals surface area contributed by atoms with Gasteiger partial charge in [0.25, 0.3) is 0 Å². The van der Waals surface area contributed by atoms with Gasteiger partial charge < -0.3 is 9.47 Å². The predicted molar refractivity (Wildman–Crippen MR) is 42.4 cm³/mol. The van der Waals surface area contributed by atoms with Gasteiger partial charge in [-0.3, -0.25) is 0 Å². The van der Waals surface area contributed by atoms with Crippen LogP contribution >= 0.6 is 0 Å². The third-order valence-corrected chi connectivity index (χ3v) is 1.09. The third kappa shape index (κ3) is 2.35. The molecule has 0 atom stereocenters. The van der Waals surface area contributed by atoms with Crippen LogP contribution in [0.25, 0.3) is 0 Å². The van der Waals surface area contributed by atoms with Crippen molar-refractivity contribution in [1.82, 2.24) is 0 Å². The van der Waals surface area contributed by atoms with Gasteiger partial charge in [0.2, 0.25) is 0 Å². The van der Waals surface area contributed by atoms with Crippen molar-refractivity contribution >= 4 is 6.16 Å². The van der Waals surface area contributed by atoms with Gasteiger partial charge in [-0.1, -0.05) is 24.6 Å². The van der Waals surface area contributed by atoms with Crippen molar-refractivity contribution < 1.29 is 14.3 Å². The van der Waals surface area contributed by atoms with E-state index in [-0.39, 0.29) is 0 Å². The zero-order chi connectivity index (χ0) is 8.81. The molecule has 0 radical (unpaired) electrons. The highest BCUT2D eigenvalue weighted by Crippen LogP contribution is 2.08. The Morgan fingerprint density at radius 3 is 2.58 bits per heavy atom. The first-order valence-electron chi connectivity index (χ1n) is 3.22. The maximum absolute atomic E-state index is 10.6. The van der Waals surface area contributed by atoms with Crippen LogP contribution in [0.4, 0.5) is 4.79 Å². The van der Waals surface area contributed by atoms with Crippen LogP contribution in [-0.4, -0.2) is 6.16 Å². The van der Waals surface area contributed by atoms with Crippen LogP contribution in [0.3, 0.4) is 0 Å². The van der Waals surface area contributed by atoms with Gasteiger partial charge in [-0.05, 0) is 12.1 Å². The lowest BCUT2D eigenvalue weighted by molar-refractivity contribution is 0.142. The lowest BCUT2D eigenvalue weighted by atomic mass is 10.3. The Kier molecular flexibility index (Phi) is 2.74. The summed E-state index contributed by atoms with van der Waals surface area (Å²) in [7, 11) is 0. The number of rotatable bonds is 1. The molecule has 0 N–H and O–H groups in total. The number of ether oxygens (including phenoxy) is 2. The second kappa shape index (κ2) is 4.04. The van der Waals surface area contributed by atoms with Crippen molar-refractivity contribution in [3.8, 4) is 18.3 Å². The minimum Gasteiger partial charge on any atom is -0.394 e. The number of para-hydroxylation sites is 1. The molecular formula is C9H6O3. The van der Waals surface area contributed by atoms with E-state index in [0.29, 0.717) is 5.75 Å². The number of terminal acetylenes is 1. The molecule has 0 amide bonds. The first-order chi connectivity index (χ1) is 5.83. The molecule has 0 saturated heterocycles. The fourth-order valence-electron chi connectivity index (χ4n) is 0.654. The molecule has 1 aromatic rings. The average Bonchev–Trinajstić information content (AvgIpc) is 2.06. The van der Waals surface area contributed by atoms with Gasteiger partial charge in [0.1, 0.15) is 11.9 Å². The molecule has 1 rings (SSSR count). The smallest absolute Gasteiger partial charge is 0.394 e. The first kappa shape index (κ1) is 8.15. The van der Waals surface area contributed by atoms with Crippen LogP contribution < -0.4 is 4.74 Å². The minimum atomic E-state index is -0.899. The molecule has 12 heavy (non-hydrogen) atoms. The van der Waals surface area contributed by atoms with Crippen molar-refractivity contribution in [1.29, 1.82) is 0 Å². The van der Waals surface area contributed by atoms with Gasteiger partial charge in [0.15, 0.2) is 0 Å². The summed E-state index contributed by atoms with van der Waals surface area (Å²) in [6, 6.07) is 8.52. The molecule has 0 spiro atoms. The Morgan fingerprint density at radius 1 is 1.33 bits per heavy atom. The van der Waals surface area contributed by atoms with Gasteiger partial charge in [-0.25, -0.2) is 4.79 Å². The fourth-order valence-corrected chi connectivity index (χ4v) is 0.654.